The van der Waals surface area contributed by atoms with E-state index >= 15 is 0 Å². The van der Waals surface area contributed by atoms with Gasteiger partial charge < -0.3 is 4.74 Å². The van der Waals surface area contributed by atoms with E-state index in [1.165, 1.54) is 23.6 Å². The average molecular weight is 233 g/mol. The van der Waals surface area contributed by atoms with Crippen LogP contribution < -0.4 is 10.3 Å². The molecular weight excluding hydrogens is 225 g/mol. The van der Waals surface area contributed by atoms with E-state index in [9.17, 15) is 9.18 Å². The van der Waals surface area contributed by atoms with Gasteiger partial charge in [-0.05, 0) is 24.3 Å². The van der Waals surface area contributed by atoms with Crippen molar-refractivity contribution in [3.8, 4) is 6.01 Å². The Bertz CT molecular complexity index is 775. The molecule has 5 nitrogen and oxygen atoms in total. The largest absolute Gasteiger partial charge is 0.467 e. The zero-order valence-electron chi connectivity index (χ0n) is 8.90. The van der Waals surface area contributed by atoms with Gasteiger partial charge in [0.25, 0.3) is 5.56 Å². The first-order valence-corrected chi connectivity index (χ1v) is 4.94. The fraction of sp³-hybridized carbons (Fsp3) is 0.0909. The molecule has 86 valence electrons. The van der Waals surface area contributed by atoms with Crippen LogP contribution in [0.1, 0.15) is 0 Å². The number of nitrogens with zero attached hydrogens (tertiary/aromatic N) is 2. The molecule has 0 saturated heterocycles. The van der Waals surface area contributed by atoms with Crippen molar-refractivity contribution in [2.45, 2.75) is 0 Å². The zero-order chi connectivity index (χ0) is 12.0. The summed E-state index contributed by atoms with van der Waals surface area (Å²) in [7, 11) is 1.44. The van der Waals surface area contributed by atoms with Crippen molar-refractivity contribution in [3.63, 3.8) is 0 Å². The molecule has 0 radical (unpaired) electrons. The third-order valence-corrected chi connectivity index (χ3v) is 2.63. The lowest BCUT2D eigenvalue weighted by atomic mass is 10.2. The highest BCUT2D eigenvalue weighted by Crippen LogP contribution is 2.22. The number of rotatable bonds is 1. The van der Waals surface area contributed by atoms with E-state index in [0.717, 1.165) is 5.39 Å². The van der Waals surface area contributed by atoms with E-state index in [4.69, 9.17) is 4.74 Å². The fourth-order valence-corrected chi connectivity index (χ4v) is 1.89. The van der Waals surface area contributed by atoms with Gasteiger partial charge in [0.15, 0.2) is 0 Å². The van der Waals surface area contributed by atoms with Crippen molar-refractivity contribution in [1.29, 1.82) is 0 Å². The number of fused-ring (bicyclic) bond motifs is 3. The average Bonchev–Trinajstić information content (AvgIpc) is 2.70. The van der Waals surface area contributed by atoms with Crippen LogP contribution >= 0.6 is 0 Å². The molecule has 0 saturated carbocycles. The molecule has 2 heterocycles. The Morgan fingerprint density at radius 3 is 2.94 bits per heavy atom. The number of ether oxygens (including phenoxy) is 1. The lowest BCUT2D eigenvalue weighted by molar-refractivity contribution is 0.368. The maximum Gasteiger partial charge on any atom is 0.318 e. The van der Waals surface area contributed by atoms with E-state index in [1.807, 2.05) is 0 Å². The number of aromatic nitrogens is 3. The van der Waals surface area contributed by atoms with E-state index in [-0.39, 0.29) is 17.4 Å². The molecular formula is C11H8FN3O2. The van der Waals surface area contributed by atoms with Gasteiger partial charge in [-0.1, -0.05) is 0 Å². The molecule has 17 heavy (non-hydrogen) atoms. The van der Waals surface area contributed by atoms with Crippen LogP contribution in [0.3, 0.4) is 0 Å². The molecule has 0 aliphatic carbocycles. The van der Waals surface area contributed by atoms with Gasteiger partial charge in [0.2, 0.25) is 0 Å². The molecule has 0 aliphatic heterocycles. The molecule has 1 aromatic carbocycles. The minimum Gasteiger partial charge on any atom is -0.467 e. The predicted molar refractivity (Wildman–Crippen MR) is 59.8 cm³/mol. The normalized spacial score (nSPS) is 11.2. The molecule has 2 aromatic heterocycles. The zero-order valence-corrected chi connectivity index (χ0v) is 8.90. The van der Waals surface area contributed by atoms with Crippen molar-refractivity contribution in [2.24, 2.45) is 0 Å². The van der Waals surface area contributed by atoms with Crippen LogP contribution in [0.2, 0.25) is 0 Å². The second kappa shape index (κ2) is 3.31. The molecule has 0 spiro atoms. The lowest BCUT2D eigenvalue weighted by Gasteiger charge is -2.02. The number of aromatic amines is 1. The Labute approximate surface area is 94.4 Å². The summed E-state index contributed by atoms with van der Waals surface area (Å²) < 4.78 is 19.7. The highest BCUT2D eigenvalue weighted by molar-refractivity contribution is 5.87. The Morgan fingerprint density at radius 2 is 2.18 bits per heavy atom. The molecule has 0 aliphatic rings. The number of hydrogen-bond donors (Lipinski definition) is 1. The van der Waals surface area contributed by atoms with E-state index in [2.05, 4.69) is 10.2 Å². The van der Waals surface area contributed by atoms with Crippen molar-refractivity contribution in [1.82, 2.24) is 14.6 Å². The van der Waals surface area contributed by atoms with Crippen LogP contribution in [-0.4, -0.2) is 21.7 Å². The van der Waals surface area contributed by atoms with Gasteiger partial charge in [0.1, 0.15) is 11.3 Å². The highest BCUT2D eigenvalue weighted by Gasteiger charge is 2.11. The number of nitrogens with one attached hydrogen (secondary N) is 1. The number of hydrogen-bond acceptors (Lipinski definition) is 3. The number of methoxy groups -OCH3 is 1. The third-order valence-electron chi connectivity index (χ3n) is 2.63. The first-order chi connectivity index (χ1) is 8.20. The Morgan fingerprint density at radius 1 is 1.35 bits per heavy atom. The third kappa shape index (κ3) is 1.30. The Balaban J connectivity index is 2.62. The van der Waals surface area contributed by atoms with Crippen molar-refractivity contribution in [2.75, 3.05) is 7.11 Å². The van der Waals surface area contributed by atoms with Crippen molar-refractivity contribution >= 4 is 16.4 Å². The van der Waals surface area contributed by atoms with Gasteiger partial charge in [-0.3, -0.25) is 9.20 Å². The minimum atomic E-state index is -0.375. The first kappa shape index (κ1) is 9.83. The van der Waals surface area contributed by atoms with Crippen LogP contribution in [0.15, 0.2) is 29.1 Å². The van der Waals surface area contributed by atoms with Crippen LogP contribution in [0, 0.1) is 5.82 Å². The molecule has 0 bridgehead atoms. The monoisotopic (exact) mass is 233 g/mol. The van der Waals surface area contributed by atoms with Crippen LogP contribution in [0.4, 0.5) is 4.39 Å². The minimum absolute atomic E-state index is 0.209. The summed E-state index contributed by atoms with van der Waals surface area (Å²) in [6.45, 7) is 0. The molecule has 6 heteroatoms. The SMILES string of the molecule is COc1n[nH]c(=O)c2cc3ccc(F)cc3n12. The van der Waals surface area contributed by atoms with Gasteiger partial charge in [0, 0.05) is 5.39 Å². The molecule has 3 aromatic rings. The summed E-state index contributed by atoms with van der Waals surface area (Å²) in [5.74, 6) is -0.375. The lowest BCUT2D eigenvalue weighted by Crippen LogP contribution is -2.13. The number of halogens is 1. The van der Waals surface area contributed by atoms with E-state index < -0.39 is 0 Å². The maximum atomic E-state index is 13.2. The summed E-state index contributed by atoms with van der Waals surface area (Å²) in [4.78, 5) is 11.6. The predicted octanol–water partition coefficient (Wildman–Crippen LogP) is 1.32. The van der Waals surface area contributed by atoms with E-state index in [0.29, 0.717) is 11.0 Å². The summed E-state index contributed by atoms with van der Waals surface area (Å²) >= 11 is 0. The molecule has 0 fully saturated rings. The topological polar surface area (TPSA) is 59.4 Å². The second-order valence-electron chi connectivity index (χ2n) is 3.61. The molecule has 0 unspecified atom stereocenters. The van der Waals surface area contributed by atoms with Gasteiger partial charge in [-0.25, -0.2) is 9.49 Å². The second-order valence-corrected chi connectivity index (χ2v) is 3.61. The molecule has 1 N–H and O–H groups in total. The molecule has 3 rings (SSSR count). The summed E-state index contributed by atoms with van der Waals surface area (Å²) in [6.07, 6.45) is 0. The van der Waals surface area contributed by atoms with Crippen molar-refractivity contribution in [3.05, 3.63) is 40.4 Å². The first-order valence-electron chi connectivity index (χ1n) is 4.94. The number of H-pyrrole nitrogens is 1. The quantitative estimate of drug-likeness (QED) is 0.689. The van der Waals surface area contributed by atoms with Gasteiger partial charge in [-0.2, -0.15) is 0 Å². The smallest absolute Gasteiger partial charge is 0.318 e. The van der Waals surface area contributed by atoms with Crippen LogP contribution in [-0.2, 0) is 0 Å². The fourth-order valence-electron chi connectivity index (χ4n) is 1.89. The van der Waals surface area contributed by atoms with Gasteiger partial charge >= 0.3 is 6.01 Å². The standard InChI is InChI=1S/C11H8FN3O2/c1-17-11-14-13-10(16)9-4-6-2-3-7(12)5-8(6)15(9)11/h2-5H,1H3,(H,13,16). The Kier molecular flexibility index (Phi) is 1.91. The Hall–Kier alpha value is -2.37. The summed E-state index contributed by atoms with van der Waals surface area (Å²) in [5.41, 5.74) is 0.579. The van der Waals surface area contributed by atoms with Crippen molar-refractivity contribution < 1.29 is 9.13 Å². The summed E-state index contributed by atoms with van der Waals surface area (Å²) in [6, 6.07) is 6.16. The molecule has 0 amide bonds. The highest BCUT2D eigenvalue weighted by atomic mass is 19.1. The maximum absolute atomic E-state index is 13.2. The van der Waals surface area contributed by atoms with Crippen LogP contribution in [0.25, 0.3) is 16.4 Å². The number of benzene rings is 1. The van der Waals surface area contributed by atoms with E-state index in [1.54, 1.807) is 12.1 Å². The van der Waals surface area contributed by atoms with Crippen LogP contribution in [0.5, 0.6) is 6.01 Å². The van der Waals surface area contributed by atoms with Gasteiger partial charge in [0.05, 0.1) is 12.6 Å². The van der Waals surface area contributed by atoms with Gasteiger partial charge in [-0.15, -0.1) is 5.10 Å². The summed E-state index contributed by atoms with van der Waals surface area (Å²) in [5, 5.41) is 6.83. The molecule has 0 atom stereocenters.